The summed E-state index contributed by atoms with van der Waals surface area (Å²) in [5.74, 6) is -5.29. The molecule has 0 saturated heterocycles. The summed E-state index contributed by atoms with van der Waals surface area (Å²) in [5.41, 5.74) is 6.90. The van der Waals surface area contributed by atoms with Gasteiger partial charge in [-0.2, -0.15) is 0 Å². The van der Waals surface area contributed by atoms with Gasteiger partial charge in [0, 0.05) is 12.8 Å². The first kappa shape index (κ1) is 28.9. The average Bonchev–Trinajstić information content (AvgIpc) is 2.86. The van der Waals surface area contributed by atoms with Crippen molar-refractivity contribution in [2.24, 2.45) is 5.73 Å². The predicted octanol–water partition coefficient (Wildman–Crippen LogP) is -1.19. The number of hydrogen-bond acceptors (Lipinski definition) is 7. The number of hydrogen-bond donors (Lipinski definition) is 7. The summed E-state index contributed by atoms with van der Waals surface area (Å²) < 4.78 is 0. The van der Waals surface area contributed by atoms with Gasteiger partial charge in [0.2, 0.25) is 17.7 Å². The molecular weight excluding hydrogens is 484 g/mol. The molecule has 0 bridgehead atoms. The van der Waals surface area contributed by atoms with Crippen LogP contribution in [-0.2, 0) is 36.8 Å². The first-order valence-corrected chi connectivity index (χ1v) is 11.4. The quantitative estimate of drug-likeness (QED) is 0.161. The molecule has 2 rings (SSSR count). The second kappa shape index (κ2) is 14.3. The zero-order chi connectivity index (χ0) is 27.4. The lowest BCUT2D eigenvalue weighted by Gasteiger charge is -2.24. The van der Waals surface area contributed by atoms with Gasteiger partial charge in [-0.25, -0.2) is 4.79 Å². The van der Waals surface area contributed by atoms with E-state index in [2.05, 4.69) is 16.0 Å². The van der Waals surface area contributed by atoms with E-state index in [0.29, 0.717) is 11.1 Å². The number of carbonyl (C=O) groups is 5. The van der Waals surface area contributed by atoms with Crippen molar-refractivity contribution in [2.45, 2.75) is 43.4 Å². The predicted molar refractivity (Wildman–Crippen MR) is 131 cm³/mol. The maximum absolute atomic E-state index is 13.0. The number of amides is 3. The van der Waals surface area contributed by atoms with Crippen LogP contribution in [0.15, 0.2) is 60.7 Å². The van der Waals surface area contributed by atoms with Crippen molar-refractivity contribution in [2.75, 3.05) is 6.61 Å². The van der Waals surface area contributed by atoms with Gasteiger partial charge in [0.05, 0.1) is 19.1 Å². The number of aliphatic carboxylic acids is 2. The molecule has 0 aliphatic rings. The van der Waals surface area contributed by atoms with E-state index in [9.17, 15) is 34.2 Å². The van der Waals surface area contributed by atoms with E-state index in [4.69, 9.17) is 10.8 Å². The van der Waals surface area contributed by atoms with E-state index < -0.39 is 66.9 Å². The normalized spacial score (nSPS) is 13.9. The van der Waals surface area contributed by atoms with Crippen molar-refractivity contribution in [3.8, 4) is 0 Å². The van der Waals surface area contributed by atoms with Crippen LogP contribution in [0.3, 0.4) is 0 Å². The van der Waals surface area contributed by atoms with E-state index in [1.807, 2.05) is 0 Å². The van der Waals surface area contributed by atoms with Gasteiger partial charge in [-0.15, -0.1) is 0 Å². The molecule has 8 N–H and O–H groups in total. The Balaban J connectivity index is 2.13. The van der Waals surface area contributed by atoms with Crippen LogP contribution in [0.4, 0.5) is 0 Å². The van der Waals surface area contributed by atoms with Crippen LogP contribution in [-0.4, -0.2) is 75.8 Å². The first-order chi connectivity index (χ1) is 17.6. The minimum atomic E-state index is -1.52. The van der Waals surface area contributed by atoms with E-state index in [-0.39, 0.29) is 12.8 Å². The van der Waals surface area contributed by atoms with Crippen molar-refractivity contribution in [1.29, 1.82) is 0 Å². The Hall–Kier alpha value is -4.29. The number of aliphatic hydroxyl groups excluding tert-OH is 1. The zero-order valence-electron chi connectivity index (χ0n) is 19.9. The molecule has 2 aromatic rings. The van der Waals surface area contributed by atoms with Crippen LogP contribution >= 0.6 is 0 Å². The fourth-order valence-corrected chi connectivity index (χ4v) is 3.41. The minimum Gasteiger partial charge on any atom is -0.481 e. The fraction of sp³-hybridized carbons (Fsp3) is 0.320. The van der Waals surface area contributed by atoms with Crippen molar-refractivity contribution in [3.63, 3.8) is 0 Å². The van der Waals surface area contributed by atoms with Gasteiger partial charge in [0.25, 0.3) is 0 Å². The third kappa shape index (κ3) is 9.70. The molecule has 12 nitrogen and oxygen atoms in total. The summed E-state index contributed by atoms with van der Waals surface area (Å²) in [4.78, 5) is 60.7. The maximum atomic E-state index is 13.0. The van der Waals surface area contributed by atoms with Gasteiger partial charge in [-0.05, 0) is 11.1 Å². The van der Waals surface area contributed by atoms with Gasteiger partial charge in [-0.3, -0.25) is 19.2 Å². The van der Waals surface area contributed by atoms with Crippen LogP contribution in [0.1, 0.15) is 17.5 Å². The summed E-state index contributed by atoms with van der Waals surface area (Å²) in [6.45, 7) is -0.847. The standard InChI is InChI=1S/C25H30N4O8/c26-17(13-21(31)32)22(33)27-18(11-15-7-3-1-4-8-15)23(34)29-20(14-30)24(35)28-19(25(36)37)12-16-9-5-2-6-10-16/h1-10,17-20,30H,11-14,26H2,(H,27,33)(H,28,35)(H,29,34)(H,31,32)(H,36,37)/t17-,18-,19-,20-/m0/s1. The van der Waals surface area contributed by atoms with E-state index in [0.717, 1.165) is 0 Å². The highest BCUT2D eigenvalue weighted by Crippen LogP contribution is 2.06. The minimum absolute atomic E-state index is 0.0241. The lowest BCUT2D eigenvalue weighted by molar-refractivity contribution is -0.142. The summed E-state index contributed by atoms with van der Waals surface area (Å²) in [7, 11) is 0. The molecule has 0 spiro atoms. The third-order valence-corrected chi connectivity index (χ3v) is 5.36. The highest BCUT2D eigenvalue weighted by Gasteiger charge is 2.30. The molecule has 0 aliphatic carbocycles. The largest absolute Gasteiger partial charge is 0.481 e. The molecule has 0 unspecified atom stereocenters. The summed E-state index contributed by atoms with van der Waals surface area (Å²) >= 11 is 0. The Bertz CT molecular complexity index is 1080. The monoisotopic (exact) mass is 514 g/mol. The molecule has 0 aromatic heterocycles. The molecule has 0 radical (unpaired) electrons. The molecule has 0 fully saturated rings. The van der Waals surface area contributed by atoms with Gasteiger partial charge >= 0.3 is 11.9 Å². The number of rotatable bonds is 14. The molecule has 0 aliphatic heterocycles. The van der Waals surface area contributed by atoms with E-state index in [1.165, 1.54) is 0 Å². The number of carboxylic acids is 2. The average molecular weight is 515 g/mol. The second-order valence-corrected chi connectivity index (χ2v) is 8.29. The number of benzene rings is 2. The number of nitrogens with one attached hydrogen (secondary N) is 3. The summed E-state index contributed by atoms with van der Waals surface area (Å²) in [6.07, 6.45) is -0.711. The Morgan fingerprint density at radius 2 is 1.11 bits per heavy atom. The van der Waals surface area contributed by atoms with E-state index >= 15 is 0 Å². The lowest BCUT2D eigenvalue weighted by atomic mass is 10.0. The smallest absolute Gasteiger partial charge is 0.326 e. The molecule has 0 saturated carbocycles. The molecule has 2 aromatic carbocycles. The van der Waals surface area contributed by atoms with Gasteiger partial charge in [-0.1, -0.05) is 60.7 Å². The molecule has 12 heteroatoms. The van der Waals surface area contributed by atoms with E-state index in [1.54, 1.807) is 60.7 Å². The van der Waals surface area contributed by atoms with Crippen LogP contribution in [0.2, 0.25) is 0 Å². The third-order valence-electron chi connectivity index (χ3n) is 5.36. The molecular formula is C25H30N4O8. The number of nitrogens with two attached hydrogens (primary N) is 1. The Morgan fingerprint density at radius 3 is 1.57 bits per heavy atom. The van der Waals surface area contributed by atoms with Gasteiger partial charge < -0.3 is 37.0 Å². The Kier molecular flexibility index (Phi) is 11.2. The highest BCUT2D eigenvalue weighted by atomic mass is 16.4. The molecule has 4 atom stereocenters. The number of aliphatic hydroxyl groups is 1. The topological polar surface area (TPSA) is 208 Å². The van der Waals surface area contributed by atoms with Crippen LogP contribution in [0.25, 0.3) is 0 Å². The zero-order valence-corrected chi connectivity index (χ0v) is 19.9. The maximum Gasteiger partial charge on any atom is 0.326 e. The van der Waals surface area contributed by atoms with Crippen molar-refractivity contribution < 1.29 is 39.3 Å². The van der Waals surface area contributed by atoms with Gasteiger partial charge in [0.1, 0.15) is 18.1 Å². The van der Waals surface area contributed by atoms with Crippen molar-refractivity contribution in [3.05, 3.63) is 71.8 Å². The molecule has 198 valence electrons. The number of carboxylic acid groups (broad SMARTS) is 2. The lowest BCUT2D eigenvalue weighted by Crippen LogP contribution is -2.58. The molecule has 37 heavy (non-hydrogen) atoms. The summed E-state index contributed by atoms with van der Waals surface area (Å²) in [6, 6.07) is 11.6. The van der Waals surface area contributed by atoms with Crippen LogP contribution in [0, 0.1) is 0 Å². The molecule has 3 amide bonds. The SMILES string of the molecule is N[C@@H](CC(=O)O)C(=O)N[C@@H](Cc1ccccc1)C(=O)N[C@@H](CO)C(=O)N[C@@H](Cc1ccccc1)C(=O)O. The summed E-state index contributed by atoms with van der Waals surface area (Å²) in [5, 5.41) is 35.1. The number of carbonyl (C=O) groups excluding carboxylic acids is 3. The Labute approximate surface area is 212 Å². The van der Waals surface area contributed by atoms with Crippen LogP contribution < -0.4 is 21.7 Å². The Morgan fingerprint density at radius 1 is 0.676 bits per heavy atom. The van der Waals surface area contributed by atoms with Crippen molar-refractivity contribution in [1.82, 2.24) is 16.0 Å². The molecule has 0 heterocycles. The first-order valence-electron chi connectivity index (χ1n) is 11.4. The van der Waals surface area contributed by atoms with Crippen LogP contribution in [0.5, 0.6) is 0 Å². The highest BCUT2D eigenvalue weighted by molar-refractivity contribution is 5.95. The fourth-order valence-electron chi connectivity index (χ4n) is 3.41. The van der Waals surface area contributed by atoms with Gasteiger partial charge in [0.15, 0.2) is 0 Å². The van der Waals surface area contributed by atoms with Crippen molar-refractivity contribution >= 4 is 29.7 Å². The second-order valence-electron chi connectivity index (χ2n) is 8.29.